The van der Waals surface area contributed by atoms with E-state index in [9.17, 15) is 4.79 Å². The molecule has 0 atom stereocenters. The van der Waals surface area contributed by atoms with E-state index in [-0.39, 0.29) is 12.1 Å². The number of nitrogens with zero attached hydrogens (tertiary/aromatic N) is 1. The molecule has 0 bridgehead atoms. The van der Waals surface area contributed by atoms with Crippen LogP contribution in [0.15, 0.2) is 0 Å². The quantitative estimate of drug-likeness (QED) is 0.0373. The summed E-state index contributed by atoms with van der Waals surface area (Å²) in [5, 5.41) is 3.41. The molecular formula is C49H100N2O5. The summed E-state index contributed by atoms with van der Waals surface area (Å²) in [6.45, 7) is 17.0. The van der Waals surface area contributed by atoms with Crippen LogP contribution in [-0.4, -0.2) is 76.5 Å². The number of nitrogens with one attached hydrogen (secondary N) is 1. The van der Waals surface area contributed by atoms with Gasteiger partial charge >= 0.3 is 5.97 Å². The maximum atomic E-state index is 12.8. The van der Waals surface area contributed by atoms with Crippen LogP contribution >= 0.6 is 0 Å². The van der Waals surface area contributed by atoms with Crippen molar-refractivity contribution in [2.24, 2.45) is 0 Å². The summed E-state index contributed by atoms with van der Waals surface area (Å²) in [6, 6.07) is 0. The molecule has 0 fully saturated rings. The van der Waals surface area contributed by atoms with E-state index in [1.165, 1.54) is 180 Å². The zero-order valence-electron chi connectivity index (χ0n) is 38.5. The van der Waals surface area contributed by atoms with Gasteiger partial charge in [0.05, 0.1) is 6.73 Å². The fourth-order valence-corrected chi connectivity index (χ4v) is 7.54. The molecule has 0 spiro atoms. The molecule has 0 radical (unpaired) electrons. The predicted molar refractivity (Wildman–Crippen MR) is 242 cm³/mol. The summed E-state index contributed by atoms with van der Waals surface area (Å²) in [7, 11) is 0. The third-order valence-electron chi connectivity index (χ3n) is 11.2. The Morgan fingerprint density at radius 2 is 0.875 bits per heavy atom. The van der Waals surface area contributed by atoms with Crippen molar-refractivity contribution in [1.29, 1.82) is 0 Å². The van der Waals surface area contributed by atoms with Crippen molar-refractivity contribution >= 4 is 5.97 Å². The lowest BCUT2D eigenvalue weighted by Gasteiger charge is -2.22. The summed E-state index contributed by atoms with van der Waals surface area (Å²) in [6.07, 6.45) is 42.2. The SMILES string of the molecule is CCCCCCCCCOCOCCCCCCCCN(CCCCCCCC(=O)OC(CCCCCCCC)CCCCCCCC)CCCNCOCC. The van der Waals surface area contributed by atoms with Crippen LogP contribution in [-0.2, 0) is 23.7 Å². The Hall–Kier alpha value is -0.730. The summed E-state index contributed by atoms with van der Waals surface area (Å²) < 4.78 is 22.9. The van der Waals surface area contributed by atoms with Crippen LogP contribution in [0.25, 0.3) is 0 Å². The van der Waals surface area contributed by atoms with E-state index in [4.69, 9.17) is 18.9 Å². The Balaban J connectivity index is 4.16. The zero-order chi connectivity index (χ0) is 40.7. The lowest BCUT2D eigenvalue weighted by atomic mass is 10.0. The molecule has 0 unspecified atom stereocenters. The predicted octanol–water partition coefficient (Wildman–Crippen LogP) is 14.1. The van der Waals surface area contributed by atoms with E-state index >= 15 is 0 Å². The largest absolute Gasteiger partial charge is 0.462 e. The van der Waals surface area contributed by atoms with E-state index in [2.05, 4.69) is 31.0 Å². The lowest BCUT2D eigenvalue weighted by molar-refractivity contribution is -0.150. The molecule has 1 N–H and O–H groups in total. The smallest absolute Gasteiger partial charge is 0.306 e. The van der Waals surface area contributed by atoms with Gasteiger partial charge in [-0.3, -0.25) is 10.1 Å². The van der Waals surface area contributed by atoms with Gasteiger partial charge in [-0.05, 0) is 97.3 Å². The standard InChI is InChI=1S/C49H100N2O5/c1-5-9-12-15-19-27-34-44-54-47-55-45-35-28-20-18-25-32-41-51(43-36-40-50-46-53-8-4)42-33-26-21-24-31-39-49(52)56-48(37-29-22-16-13-10-6-2)38-30-23-17-14-11-7-3/h48,50H,5-47H2,1-4H3. The van der Waals surface area contributed by atoms with Gasteiger partial charge in [-0.15, -0.1) is 0 Å². The van der Waals surface area contributed by atoms with E-state index < -0.39 is 0 Å². The van der Waals surface area contributed by atoms with Gasteiger partial charge in [-0.25, -0.2) is 0 Å². The molecule has 0 rings (SSSR count). The molecule has 7 nitrogen and oxygen atoms in total. The second kappa shape index (κ2) is 48.6. The number of rotatable bonds is 49. The topological polar surface area (TPSA) is 69.3 Å². The number of carbonyl (C=O) groups excluding carboxylic acids is 1. The minimum absolute atomic E-state index is 0.0448. The van der Waals surface area contributed by atoms with Crippen LogP contribution < -0.4 is 5.32 Å². The highest BCUT2D eigenvalue weighted by atomic mass is 16.7. The van der Waals surface area contributed by atoms with Crippen molar-refractivity contribution in [3.63, 3.8) is 0 Å². The molecule has 7 heteroatoms. The average molecular weight is 797 g/mol. The average Bonchev–Trinajstić information content (AvgIpc) is 3.20. The first kappa shape index (κ1) is 55.3. The van der Waals surface area contributed by atoms with Crippen molar-refractivity contribution in [2.75, 3.05) is 59.5 Å². The van der Waals surface area contributed by atoms with Crippen LogP contribution in [0.2, 0.25) is 0 Å². The Morgan fingerprint density at radius 3 is 1.36 bits per heavy atom. The Bertz CT molecular complexity index is 725. The van der Waals surface area contributed by atoms with Crippen molar-refractivity contribution in [2.45, 2.75) is 252 Å². The van der Waals surface area contributed by atoms with Crippen molar-refractivity contribution in [3.8, 4) is 0 Å². The highest BCUT2D eigenvalue weighted by Gasteiger charge is 2.14. The molecule has 0 aliphatic rings. The molecule has 0 saturated heterocycles. The molecule has 0 saturated carbocycles. The monoisotopic (exact) mass is 797 g/mol. The summed E-state index contributed by atoms with van der Waals surface area (Å²) in [5.41, 5.74) is 0. The van der Waals surface area contributed by atoms with Crippen LogP contribution in [0, 0.1) is 0 Å². The van der Waals surface area contributed by atoms with Gasteiger partial charge in [0.15, 0.2) is 0 Å². The maximum Gasteiger partial charge on any atom is 0.306 e. The van der Waals surface area contributed by atoms with Gasteiger partial charge in [0.1, 0.15) is 12.9 Å². The third-order valence-corrected chi connectivity index (χ3v) is 11.2. The summed E-state index contributed by atoms with van der Waals surface area (Å²) in [5.74, 6) is 0.0448. The minimum Gasteiger partial charge on any atom is -0.462 e. The van der Waals surface area contributed by atoms with Gasteiger partial charge in [0.25, 0.3) is 0 Å². The highest BCUT2D eigenvalue weighted by Crippen LogP contribution is 2.18. The number of carbonyl (C=O) groups is 1. The molecule has 336 valence electrons. The number of esters is 1. The summed E-state index contributed by atoms with van der Waals surface area (Å²) in [4.78, 5) is 15.5. The fourth-order valence-electron chi connectivity index (χ4n) is 7.54. The van der Waals surface area contributed by atoms with Crippen LogP contribution in [0.5, 0.6) is 0 Å². The molecular weight excluding hydrogens is 697 g/mol. The van der Waals surface area contributed by atoms with Gasteiger partial charge in [-0.2, -0.15) is 0 Å². The molecule has 0 aliphatic carbocycles. The van der Waals surface area contributed by atoms with Crippen LogP contribution in [0.3, 0.4) is 0 Å². The molecule has 0 aliphatic heterocycles. The van der Waals surface area contributed by atoms with E-state index in [1.54, 1.807) is 0 Å². The second-order valence-corrected chi connectivity index (χ2v) is 16.8. The maximum absolute atomic E-state index is 12.8. The van der Waals surface area contributed by atoms with Crippen LogP contribution in [0.1, 0.15) is 246 Å². The van der Waals surface area contributed by atoms with Gasteiger partial charge < -0.3 is 23.8 Å². The molecule has 0 amide bonds. The van der Waals surface area contributed by atoms with Crippen LogP contribution in [0.4, 0.5) is 0 Å². The number of hydrogen-bond donors (Lipinski definition) is 1. The number of ether oxygens (including phenoxy) is 4. The summed E-state index contributed by atoms with van der Waals surface area (Å²) >= 11 is 0. The fraction of sp³-hybridized carbons (Fsp3) is 0.980. The molecule has 0 aromatic heterocycles. The first-order chi connectivity index (χ1) is 27.7. The first-order valence-corrected chi connectivity index (χ1v) is 25.0. The lowest BCUT2D eigenvalue weighted by Crippen LogP contribution is -2.30. The molecule has 0 aromatic carbocycles. The van der Waals surface area contributed by atoms with Crippen molar-refractivity contribution < 1.29 is 23.7 Å². The Morgan fingerprint density at radius 1 is 0.464 bits per heavy atom. The second-order valence-electron chi connectivity index (χ2n) is 16.8. The molecule has 0 aromatic rings. The van der Waals surface area contributed by atoms with Gasteiger partial charge in [0, 0.05) is 26.2 Å². The normalized spacial score (nSPS) is 11.8. The van der Waals surface area contributed by atoms with E-state index in [0.717, 1.165) is 77.9 Å². The molecule has 0 heterocycles. The van der Waals surface area contributed by atoms with Gasteiger partial charge in [0.2, 0.25) is 0 Å². The highest BCUT2D eigenvalue weighted by molar-refractivity contribution is 5.69. The Kier molecular flexibility index (Phi) is 48.0. The third kappa shape index (κ3) is 44.4. The van der Waals surface area contributed by atoms with Crippen molar-refractivity contribution in [1.82, 2.24) is 10.2 Å². The van der Waals surface area contributed by atoms with E-state index in [0.29, 0.717) is 19.9 Å². The first-order valence-electron chi connectivity index (χ1n) is 25.0. The van der Waals surface area contributed by atoms with Crippen molar-refractivity contribution in [3.05, 3.63) is 0 Å². The number of hydrogen-bond acceptors (Lipinski definition) is 7. The van der Waals surface area contributed by atoms with Gasteiger partial charge in [-0.1, -0.05) is 168 Å². The zero-order valence-corrected chi connectivity index (χ0v) is 38.5. The number of unbranched alkanes of at least 4 members (excludes halogenated alkanes) is 25. The molecule has 56 heavy (non-hydrogen) atoms. The Labute approximate surface area is 350 Å². The minimum atomic E-state index is 0.0448. The van der Waals surface area contributed by atoms with E-state index in [1.807, 2.05) is 6.92 Å².